The lowest BCUT2D eigenvalue weighted by Crippen LogP contribution is -1.97. The number of methoxy groups -OCH3 is 2. The highest BCUT2D eigenvalue weighted by atomic mass is 35.5. The van der Waals surface area contributed by atoms with Crippen molar-refractivity contribution in [2.24, 2.45) is 0 Å². The number of hydrogen-bond acceptors (Lipinski definition) is 3. The first-order chi connectivity index (χ1) is 9.06. The number of ether oxygens (including phenoxy) is 2. The van der Waals surface area contributed by atoms with Crippen LogP contribution in [0.2, 0.25) is 8.67 Å². The van der Waals surface area contributed by atoms with E-state index in [2.05, 4.69) is 0 Å². The van der Waals surface area contributed by atoms with Gasteiger partial charge in [0.1, 0.15) is 11.5 Å². The maximum Gasteiger partial charge on any atom is 0.127 e. The van der Waals surface area contributed by atoms with E-state index in [0.717, 1.165) is 11.1 Å². The van der Waals surface area contributed by atoms with Crippen LogP contribution in [0.3, 0.4) is 0 Å². The number of benzene rings is 1. The smallest absolute Gasteiger partial charge is 0.127 e. The summed E-state index contributed by atoms with van der Waals surface area (Å²) in [7, 11) is 3.19. The predicted molar refractivity (Wildman–Crippen MR) is 81.6 cm³/mol. The quantitative estimate of drug-likeness (QED) is 0.695. The summed E-state index contributed by atoms with van der Waals surface area (Å²) in [6.45, 7) is 0. The van der Waals surface area contributed by atoms with E-state index < -0.39 is 5.38 Å². The fraction of sp³-hybridized carbons (Fsp3) is 0.231. The highest BCUT2D eigenvalue weighted by Gasteiger charge is 2.21. The zero-order valence-electron chi connectivity index (χ0n) is 10.2. The lowest BCUT2D eigenvalue weighted by atomic mass is 10.1. The van der Waals surface area contributed by atoms with E-state index in [0.29, 0.717) is 20.2 Å². The van der Waals surface area contributed by atoms with Crippen LogP contribution in [0.15, 0.2) is 24.3 Å². The minimum absolute atomic E-state index is 0.419. The molecule has 1 aromatic heterocycles. The molecule has 0 radical (unpaired) electrons. The molecule has 2 rings (SSSR count). The first kappa shape index (κ1) is 14.8. The zero-order valence-corrected chi connectivity index (χ0v) is 13.3. The monoisotopic (exact) mass is 336 g/mol. The highest BCUT2D eigenvalue weighted by molar-refractivity contribution is 7.20. The van der Waals surface area contributed by atoms with Crippen molar-refractivity contribution in [2.75, 3.05) is 14.2 Å². The van der Waals surface area contributed by atoms with Crippen molar-refractivity contribution in [3.05, 3.63) is 44.1 Å². The van der Waals surface area contributed by atoms with Crippen molar-refractivity contribution < 1.29 is 9.47 Å². The van der Waals surface area contributed by atoms with Gasteiger partial charge in [-0.15, -0.1) is 22.9 Å². The van der Waals surface area contributed by atoms with Crippen molar-refractivity contribution in [2.45, 2.75) is 5.38 Å². The van der Waals surface area contributed by atoms with E-state index in [4.69, 9.17) is 44.3 Å². The summed E-state index contributed by atoms with van der Waals surface area (Å²) in [6, 6.07) is 7.24. The van der Waals surface area contributed by atoms with Crippen LogP contribution in [-0.2, 0) is 0 Å². The summed E-state index contributed by atoms with van der Waals surface area (Å²) in [5.74, 6) is 1.36. The van der Waals surface area contributed by atoms with E-state index in [1.54, 1.807) is 26.4 Å². The van der Waals surface area contributed by atoms with Crippen molar-refractivity contribution in [1.29, 1.82) is 0 Å². The molecule has 0 aliphatic carbocycles. The molecule has 2 aromatic rings. The Morgan fingerprint density at radius 3 is 2.32 bits per heavy atom. The van der Waals surface area contributed by atoms with Gasteiger partial charge in [0.2, 0.25) is 0 Å². The molecule has 1 heterocycles. The molecular weight excluding hydrogens is 327 g/mol. The highest BCUT2D eigenvalue weighted by Crippen LogP contribution is 2.43. The number of thiophene rings is 1. The molecule has 0 bridgehead atoms. The SMILES string of the molecule is COc1ccc(C(Cl)c2cc(Cl)sc2Cl)c(OC)c1. The third-order valence-corrected chi connectivity index (χ3v) is 4.66. The molecule has 6 heteroatoms. The number of halogens is 3. The number of alkyl halides is 1. The number of hydrogen-bond donors (Lipinski definition) is 0. The Morgan fingerprint density at radius 1 is 1.05 bits per heavy atom. The third kappa shape index (κ3) is 3.11. The Hall–Kier alpha value is -0.610. The average Bonchev–Trinajstić information content (AvgIpc) is 2.76. The Bertz CT molecular complexity index is 583. The molecule has 0 aliphatic heterocycles. The predicted octanol–water partition coefficient (Wildman–Crippen LogP) is 5.40. The lowest BCUT2D eigenvalue weighted by Gasteiger charge is -2.14. The summed E-state index contributed by atoms with van der Waals surface area (Å²) in [4.78, 5) is 0. The van der Waals surface area contributed by atoms with Crippen molar-refractivity contribution in [3.8, 4) is 11.5 Å². The molecule has 1 atom stereocenters. The molecule has 0 saturated heterocycles. The van der Waals surface area contributed by atoms with Gasteiger partial charge in [-0.2, -0.15) is 0 Å². The van der Waals surface area contributed by atoms with Gasteiger partial charge in [0, 0.05) is 17.2 Å². The van der Waals surface area contributed by atoms with Crippen molar-refractivity contribution in [3.63, 3.8) is 0 Å². The van der Waals surface area contributed by atoms with Gasteiger partial charge in [-0.1, -0.05) is 23.2 Å². The maximum absolute atomic E-state index is 6.47. The van der Waals surface area contributed by atoms with E-state index in [1.807, 2.05) is 12.1 Å². The van der Waals surface area contributed by atoms with Crippen LogP contribution in [0, 0.1) is 0 Å². The van der Waals surface area contributed by atoms with Crippen LogP contribution >= 0.6 is 46.1 Å². The fourth-order valence-electron chi connectivity index (χ4n) is 1.72. The summed E-state index contributed by atoms with van der Waals surface area (Å²) < 4.78 is 11.7. The van der Waals surface area contributed by atoms with Crippen LogP contribution in [0.25, 0.3) is 0 Å². The van der Waals surface area contributed by atoms with Crippen LogP contribution < -0.4 is 9.47 Å². The molecule has 102 valence electrons. The summed E-state index contributed by atoms with van der Waals surface area (Å²) in [5.41, 5.74) is 1.60. The van der Waals surface area contributed by atoms with E-state index >= 15 is 0 Å². The zero-order chi connectivity index (χ0) is 14.0. The van der Waals surface area contributed by atoms with Crippen LogP contribution in [0.1, 0.15) is 16.5 Å². The number of rotatable bonds is 4. The van der Waals surface area contributed by atoms with Gasteiger partial charge in [0.05, 0.1) is 28.3 Å². The molecule has 19 heavy (non-hydrogen) atoms. The van der Waals surface area contributed by atoms with Gasteiger partial charge < -0.3 is 9.47 Å². The standard InChI is InChI=1S/C13H11Cl3O2S/c1-17-7-3-4-8(10(5-7)18-2)12(15)9-6-11(14)19-13(9)16/h3-6,12H,1-2H3. The van der Waals surface area contributed by atoms with Crippen LogP contribution in [-0.4, -0.2) is 14.2 Å². The molecular formula is C13H11Cl3O2S. The van der Waals surface area contributed by atoms with Crippen LogP contribution in [0.5, 0.6) is 11.5 Å². The minimum atomic E-state index is -0.419. The van der Waals surface area contributed by atoms with Gasteiger partial charge in [0.15, 0.2) is 0 Å². The molecule has 2 nitrogen and oxygen atoms in total. The molecule has 0 amide bonds. The second-order valence-corrected chi connectivity index (χ2v) is 6.47. The lowest BCUT2D eigenvalue weighted by molar-refractivity contribution is 0.391. The topological polar surface area (TPSA) is 18.5 Å². The normalized spacial score (nSPS) is 12.3. The van der Waals surface area contributed by atoms with Crippen molar-refractivity contribution in [1.82, 2.24) is 0 Å². The molecule has 1 unspecified atom stereocenters. The summed E-state index contributed by atoms with van der Waals surface area (Å²) in [6.07, 6.45) is 0. The Kier molecular flexibility index (Phi) is 4.85. The molecule has 0 aliphatic rings. The molecule has 0 saturated carbocycles. The second kappa shape index (κ2) is 6.23. The van der Waals surface area contributed by atoms with Crippen LogP contribution in [0.4, 0.5) is 0 Å². The second-order valence-electron chi connectivity index (χ2n) is 3.75. The first-order valence-electron chi connectivity index (χ1n) is 5.37. The van der Waals surface area contributed by atoms with E-state index in [1.165, 1.54) is 11.3 Å². The molecule has 0 fully saturated rings. The first-order valence-corrected chi connectivity index (χ1v) is 7.38. The largest absolute Gasteiger partial charge is 0.497 e. The Labute approximate surface area is 130 Å². The summed E-state index contributed by atoms with van der Waals surface area (Å²) >= 11 is 19.8. The minimum Gasteiger partial charge on any atom is -0.497 e. The van der Waals surface area contributed by atoms with E-state index in [-0.39, 0.29) is 0 Å². The Morgan fingerprint density at radius 2 is 1.79 bits per heavy atom. The van der Waals surface area contributed by atoms with Gasteiger partial charge in [-0.05, 0) is 18.2 Å². The Balaban J connectivity index is 2.43. The summed E-state index contributed by atoms with van der Waals surface area (Å²) in [5, 5.41) is -0.419. The van der Waals surface area contributed by atoms with Gasteiger partial charge in [0.25, 0.3) is 0 Å². The molecule has 0 N–H and O–H groups in total. The van der Waals surface area contributed by atoms with Gasteiger partial charge in [-0.3, -0.25) is 0 Å². The third-order valence-electron chi connectivity index (χ3n) is 2.67. The van der Waals surface area contributed by atoms with Gasteiger partial charge in [-0.25, -0.2) is 0 Å². The maximum atomic E-state index is 6.47. The molecule has 0 spiro atoms. The van der Waals surface area contributed by atoms with Crippen molar-refractivity contribution >= 4 is 46.1 Å². The average molecular weight is 338 g/mol. The van der Waals surface area contributed by atoms with Gasteiger partial charge >= 0.3 is 0 Å². The van der Waals surface area contributed by atoms with E-state index in [9.17, 15) is 0 Å². The fourth-order valence-corrected chi connectivity index (χ4v) is 3.73. The molecule has 1 aromatic carbocycles.